The second-order valence-electron chi connectivity index (χ2n) is 8.61. The lowest BCUT2D eigenvalue weighted by molar-refractivity contribution is -0.127. The number of amides is 1. The maximum atomic E-state index is 14.2. The third-order valence-electron chi connectivity index (χ3n) is 7.07. The molecule has 0 aliphatic carbocycles. The lowest BCUT2D eigenvalue weighted by atomic mass is 9.69. The maximum absolute atomic E-state index is 14.2. The molecule has 8 heteroatoms. The number of halogens is 2. The zero-order chi connectivity index (χ0) is 22.7. The molecule has 0 saturated carbocycles. The Hall–Kier alpha value is -2.38. The molecule has 1 aromatic heterocycles. The van der Waals surface area contributed by atoms with E-state index in [4.69, 9.17) is 23.2 Å². The molecule has 1 amide bonds. The van der Waals surface area contributed by atoms with Gasteiger partial charge in [0, 0.05) is 62.8 Å². The van der Waals surface area contributed by atoms with Gasteiger partial charge in [-0.3, -0.25) is 19.5 Å². The predicted molar refractivity (Wildman–Crippen MR) is 131 cm³/mol. The molecule has 5 nitrogen and oxygen atoms in total. The van der Waals surface area contributed by atoms with Crippen LogP contribution in [-0.4, -0.2) is 39.2 Å². The molecule has 3 aliphatic heterocycles. The van der Waals surface area contributed by atoms with Gasteiger partial charge in [-0.25, -0.2) is 0 Å². The number of aromatic nitrogens is 1. The van der Waals surface area contributed by atoms with E-state index in [1.165, 1.54) is 0 Å². The fourth-order valence-electron chi connectivity index (χ4n) is 5.79. The highest BCUT2D eigenvalue weighted by Gasteiger charge is 2.69. The predicted octanol–water partition coefficient (Wildman–Crippen LogP) is 5.21. The van der Waals surface area contributed by atoms with E-state index in [-0.39, 0.29) is 23.7 Å². The zero-order valence-electron chi connectivity index (χ0n) is 17.4. The number of ketones is 1. The van der Waals surface area contributed by atoms with E-state index in [0.717, 1.165) is 16.9 Å². The summed E-state index contributed by atoms with van der Waals surface area (Å²) in [5.74, 6) is 0.380. The van der Waals surface area contributed by atoms with Crippen LogP contribution in [0.3, 0.4) is 0 Å². The van der Waals surface area contributed by atoms with Gasteiger partial charge < -0.3 is 5.32 Å². The second kappa shape index (κ2) is 7.84. The Morgan fingerprint density at radius 3 is 2.67 bits per heavy atom. The highest BCUT2D eigenvalue weighted by Crippen LogP contribution is 2.61. The summed E-state index contributed by atoms with van der Waals surface area (Å²) in [6.07, 6.45) is 3.23. The standard InChI is InChI=1S/C25H19Cl2N3O2S/c26-16-5-3-14(4-6-16)21-20-12-33-13-30(20)25(22(21)23(31)15-2-1-9-28-11-15)18-10-17(27)7-8-19(18)29-24(25)32/h1-11,20-22H,12-13H2,(H,29,32)/t20?,21?,22?,25-/m1/s1. The number of benzene rings is 2. The SMILES string of the molecule is O=C(c1cccnc1)C1C(c2ccc(Cl)cc2)C2CSCN2[C@@]12C(=O)Nc1ccc(Cl)cc12. The number of rotatable bonds is 3. The summed E-state index contributed by atoms with van der Waals surface area (Å²) < 4.78 is 0. The molecule has 1 spiro atoms. The van der Waals surface area contributed by atoms with Crippen LogP contribution >= 0.6 is 35.0 Å². The summed E-state index contributed by atoms with van der Waals surface area (Å²) in [5, 5.41) is 4.22. The van der Waals surface area contributed by atoms with Gasteiger partial charge in [0.05, 0.1) is 5.92 Å². The number of hydrogen-bond donors (Lipinski definition) is 1. The van der Waals surface area contributed by atoms with Crippen LogP contribution in [0.4, 0.5) is 5.69 Å². The molecule has 1 N–H and O–H groups in total. The first-order valence-corrected chi connectivity index (χ1v) is 12.6. The Morgan fingerprint density at radius 1 is 1.12 bits per heavy atom. The maximum Gasteiger partial charge on any atom is 0.250 e. The molecular formula is C25H19Cl2N3O2S. The zero-order valence-corrected chi connectivity index (χ0v) is 19.7. The van der Waals surface area contributed by atoms with Crippen LogP contribution in [0.2, 0.25) is 10.0 Å². The summed E-state index contributed by atoms with van der Waals surface area (Å²) >= 11 is 14.4. The van der Waals surface area contributed by atoms with Gasteiger partial charge in [0.15, 0.2) is 5.78 Å². The van der Waals surface area contributed by atoms with Crippen LogP contribution in [0, 0.1) is 5.92 Å². The summed E-state index contributed by atoms with van der Waals surface area (Å²) in [7, 11) is 0. The van der Waals surface area contributed by atoms with Crippen LogP contribution in [0.5, 0.6) is 0 Å². The third-order valence-corrected chi connectivity index (χ3v) is 8.59. The number of carbonyl (C=O) groups excluding carboxylic acids is 2. The monoisotopic (exact) mass is 495 g/mol. The second-order valence-corrected chi connectivity index (χ2v) is 10.5. The lowest BCUT2D eigenvalue weighted by Gasteiger charge is -2.36. The van der Waals surface area contributed by atoms with Gasteiger partial charge in [-0.1, -0.05) is 35.3 Å². The van der Waals surface area contributed by atoms with Gasteiger partial charge in [-0.2, -0.15) is 0 Å². The average Bonchev–Trinajstić information content (AvgIpc) is 3.48. The number of fused-ring (bicyclic) bond motifs is 4. The van der Waals surface area contributed by atoms with Crippen LogP contribution in [-0.2, 0) is 10.3 Å². The van der Waals surface area contributed by atoms with E-state index in [1.807, 2.05) is 36.4 Å². The van der Waals surface area contributed by atoms with Crippen molar-refractivity contribution in [3.63, 3.8) is 0 Å². The molecule has 166 valence electrons. The number of carbonyl (C=O) groups is 2. The molecule has 4 atom stereocenters. The molecule has 0 radical (unpaired) electrons. The van der Waals surface area contributed by atoms with Gasteiger partial charge in [0.25, 0.3) is 0 Å². The molecule has 3 aliphatic rings. The molecule has 2 fully saturated rings. The van der Waals surface area contributed by atoms with Crippen molar-refractivity contribution in [2.75, 3.05) is 16.9 Å². The highest BCUT2D eigenvalue weighted by atomic mass is 35.5. The van der Waals surface area contributed by atoms with Crippen LogP contribution in [0.15, 0.2) is 67.0 Å². The van der Waals surface area contributed by atoms with Crippen molar-refractivity contribution in [3.05, 3.63) is 93.7 Å². The van der Waals surface area contributed by atoms with Gasteiger partial charge in [0.2, 0.25) is 5.91 Å². The quantitative estimate of drug-likeness (QED) is 0.505. The van der Waals surface area contributed by atoms with E-state index in [1.54, 1.807) is 42.4 Å². The van der Waals surface area contributed by atoms with E-state index in [0.29, 0.717) is 27.2 Å². The highest BCUT2D eigenvalue weighted by molar-refractivity contribution is 7.99. The number of anilines is 1. The first kappa shape index (κ1) is 21.2. The van der Waals surface area contributed by atoms with Crippen molar-refractivity contribution in [2.45, 2.75) is 17.5 Å². The fourth-order valence-corrected chi connectivity index (χ4v) is 7.42. The van der Waals surface area contributed by atoms with E-state index in [9.17, 15) is 9.59 Å². The summed E-state index contributed by atoms with van der Waals surface area (Å²) in [5.41, 5.74) is 1.83. The molecule has 4 heterocycles. The Labute approximate surface area is 205 Å². The van der Waals surface area contributed by atoms with Gasteiger partial charge >= 0.3 is 0 Å². The average molecular weight is 496 g/mol. The molecule has 3 aromatic rings. The van der Waals surface area contributed by atoms with Crippen molar-refractivity contribution in [3.8, 4) is 0 Å². The molecule has 6 rings (SSSR count). The van der Waals surface area contributed by atoms with E-state index >= 15 is 0 Å². The van der Waals surface area contributed by atoms with Crippen molar-refractivity contribution >= 4 is 52.3 Å². The summed E-state index contributed by atoms with van der Waals surface area (Å²) in [6, 6.07) is 16.6. The van der Waals surface area contributed by atoms with Crippen LogP contribution < -0.4 is 5.32 Å². The normalized spacial score (nSPS) is 28.1. The minimum absolute atomic E-state index is 0.0116. The number of pyridine rings is 1. The van der Waals surface area contributed by atoms with Crippen molar-refractivity contribution in [2.24, 2.45) is 5.92 Å². The van der Waals surface area contributed by atoms with Gasteiger partial charge in [0.1, 0.15) is 5.54 Å². The van der Waals surface area contributed by atoms with Gasteiger partial charge in [-0.15, -0.1) is 11.8 Å². The topological polar surface area (TPSA) is 62.3 Å². The third kappa shape index (κ3) is 3.01. The van der Waals surface area contributed by atoms with Crippen molar-refractivity contribution < 1.29 is 9.59 Å². The smallest absolute Gasteiger partial charge is 0.250 e. The molecule has 3 unspecified atom stereocenters. The largest absolute Gasteiger partial charge is 0.324 e. The Morgan fingerprint density at radius 2 is 1.91 bits per heavy atom. The van der Waals surface area contributed by atoms with E-state index < -0.39 is 11.5 Å². The summed E-state index contributed by atoms with van der Waals surface area (Å²) in [6.45, 7) is 0. The van der Waals surface area contributed by atoms with Crippen molar-refractivity contribution in [1.82, 2.24) is 9.88 Å². The molecular weight excluding hydrogens is 477 g/mol. The lowest BCUT2D eigenvalue weighted by Crippen LogP contribution is -2.52. The minimum atomic E-state index is -1.15. The summed E-state index contributed by atoms with van der Waals surface area (Å²) in [4.78, 5) is 34.5. The number of hydrogen-bond acceptors (Lipinski definition) is 5. The Balaban J connectivity index is 1.63. The molecule has 2 aromatic carbocycles. The first-order valence-electron chi connectivity index (χ1n) is 10.7. The van der Waals surface area contributed by atoms with Crippen LogP contribution in [0.1, 0.15) is 27.4 Å². The number of Topliss-reactive ketones (excluding diaryl/α,β-unsaturated/α-hetero) is 1. The minimum Gasteiger partial charge on any atom is -0.324 e. The fraction of sp³-hybridized carbons (Fsp3) is 0.240. The number of nitrogens with one attached hydrogen (secondary N) is 1. The van der Waals surface area contributed by atoms with E-state index in [2.05, 4.69) is 15.2 Å². The van der Waals surface area contributed by atoms with Gasteiger partial charge in [-0.05, 0) is 48.0 Å². The van der Waals surface area contributed by atoms with Crippen molar-refractivity contribution in [1.29, 1.82) is 0 Å². The number of thioether (sulfide) groups is 1. The van der Waals surface area contributed by atoms with Crippen LogP contribution in [0.25, 0.3) is 0 Å². The number of nitrogens with zero attached hydrogens (tertiary/aromatic N) is 2. The Kier molecular flexibility index (Phi) is 5.03. The molecule has 0 bridgehead atoms. The molecule has 33 heavy (non-hydrogen) atoms. The molecule has 2 saturated heterocycles. The Bertz CT molecular complexity index is 1270. The first-order chi connectivity index (χ1) is 16.0.